The third kappa shape index (κ3) is 7.92. The van der Waals surface area contributed by atoms with Crippen molar-refractivity contribution in [1.29, 1.82) is 0 Å². The van der Waals surface area contributed by atoms with Crippen LogP contribution >= 0.6 is 23.2 Å². The van der Waals surface area contributed by atoms with Crippen LogP contribution in [0.1, 0.15) is 49.8 Å². The van der Waals surface area contributed by atoms with Gasteiger partial charge in [0.1, 0.15) is 28.8 Å². The van der Waals surface area contributed by atoms with E-state index in [1.54, 1.807) is 18.6 Å². The molecule has 2 fully saturated rings. The van der Waals surface area contributed by atoms with E-state index in [1.807, 2.05) is 35.9 Å². The van der Waals surface area contributed by atoms with Crippen LogP contribution in [-0.2, 0) is 26.2 Å². The lowest BCUT2D eigenvalue weighted by Gasteiger charge is -2.32. The molecule has 0 spiro atoms. The van der Waals surface area contributed by atoms with E-state index in [0.29, 0.717) is 42.6 Å². The SMILES string of the molecule is Cc1cc(-n2ccnc2)c2cccc(OCc3c(Cl)ccc(S(=O)(=O)N4CCC[C@H]4C(=O)NCC4CCN(CCCC(=O)O)CC4)c3Cl)c2n1. The van der Waals surface area contributed by atoms with Crippen LogP contribution in [0.25, 0.3) is 16.6 Å². The minimum Gasteiger partial charge on any atom is -0.487 e. The van der Waals surface area contributed by atoms with Gasteiger partial charge in [0, 0.05) is 53.6 Å². The first-order valence-electron chi connectivity index (χ1n) is 16.7. The molecule has 1 amide bonds. The van der Waals surface area contributed by atoms with Crippen LogP contribution < -0.4 is 10.1 Å². The van der Waals surface area contributed by atoms with Crippen molar-refractivity contribution in [2.45, 2.75) is 63.0 Å². The Bertz CT molecular complexity index is 1970. The van der Waals surface area contributed by atoms with Gasteiger partial charge in [-0.25, -0.2) is 18.4 Å². The average molecular weight is 744 g/mol. The number of carbonyl (C=O) groups is 2. The Hall–Kier alpha value is -3.75. The van der Waals surface area contributed by atoms with E-state index in [-0.39, 0.29) is 46.3 Å². The van der Waals surface area contributed by atoms with Crippen molar-refractivity contribution in [2.75, 3.05) is 32.7 Å². The molecule has 50 heavy (non-hydrogen) atoms. The third-order valence-electron chi connectivity index (χ3n) is 9.44. The molecule has 2 aliphatic heterocycles. The molecule has 0 aliphatic carbocycles. The number of aromatic nitrogens is 3. The molecule has 2 aromatic heterocycles. The number of rotatable bonds is 13. The molecule has 15 heteroatoms. The first kappa shape index (κ1) is 36.1. The van der Waals surface area contributed by atoms with Crippen molar-refractivity contribution in [3.63, 3.8) is 0 Å². The summed E-state index contributed by atoms with van der Waals surface area (Å²) in [6, 6.07) is 9.55. The molecule has 6 rings (SSSR count). The first-order chi connectivity index (χ1) is 24.0. The summed E-state index contributed by atoms with van der Waals surface area (Å²) in [5.74, 6) is -0.359. The van der Waals surface area contributed by atoms with Crippen LogP contribution in [0.15, 0.2) is 60.0 Å². The molecule has 2 aromatic carbocycles. The Labute approximate surface area is 301 Å². The van der Waals surface area contributed by atoms with Gasteiger partial charge in [-0.05, 0) is 88.8 Å². The number of halogens is 2. The Morgan fingerprint density at radius 3 is 2.64 bits per heavy atom. The van der Waals surface area contributed by atoms with Gasteiger partial charge in [-0.1, -0.05) is 35.3 Å². The molecular formula is C35H40Cl2N6O6S. The summed E-state index contributed by atoms with van der Waals surface area (Å²) < 4.78 is 37.5. The van der Waals surface area contributed by atoms with Gasteiger partial charge in [0.25, 0.3) is 0 Å². The number of nitrogens with zero attached hydrogens (tertiary/aromatic N) is 5. The molecule has 2 aliphatic rings. The predicted octanol–water partition coefficient (Wildman–Crippen LogP) is 5.46. The highest BCUT2D eigenvalue weighted by Gasteiger charge is 2.41. The standard InChI is InChI=1S/C35H40Cl2N6O6S/c1-23-19-29(42-18-13-38-22-42)25-5-2-7-30(34(25)40-23)49-21-26-27(36)9-10-31(33(26)37)50(47,48)43-15-3-6-28(43)35(46)39-20-24-11-16-41(17-12-24)14-4-8-32(44)45/h2,5,7,9-10,13,18-19,22,24,28H,3-4,6,8,11-12,14-17,20-21H2,1H3,(H,39,46)(H,44,45)/t28-/m0/s1. The lowest BCUT2D eigenvalue weighted by molar-refractivity contribution is -0.137. The number of aryl methyl sites for hydroxylation is 1. The fourth-order valence-electron chi connectivity index (χ4n) is 6.76. The predicted molar refractivity (Wildman–Crippen MR) is 190 cm³/mol. The Balaban J connectivity index is 1.13. The smallest absolute Gasteiger partial charge is 0.303 e. The maximum absolute atomic E-state index is 14.1. The number of carbonyl (C=O) groups excluding carboxylic acids is 1. The number of pyridine rings is 1. The highest BCUT2D eigenvalue weighted by molar-refractivity contribution is 7.89. The zero-order valence-corrected chi connectivity index (χ0v) is 30.1. The number of carboxylic acids is 1. The van der Waals surface area contributed by atoms with Crippen LogP contribution in [0, 0.1) is 12.8 Å². The number of amides is 1. The number of hydrogen-bond donors (Lipinski definition) is 2. The fraction of sp³-hybridized carbons (Fsp3) is 0.429. The maximum atomic E-state index is 14.1. The molecule has 0 unspecified atom stereocenters. The van der Waals surface area contributed by atoms with Gasteiger partial charge in [0.15, 0.2) is 0 Å². The fourth-order valence-corrected chi connectivity index (χ4v) is 9.29. The number of fused-ring (bicyclic) bond motifs is 1. The molecule has 4 aromatic rings. The van der Waals surface area contributed by atoms with Gasteiger partial charge in [-0.3, -0.25) is 9.59 Å². The van der Waals surface area contributed by atoms with Gasteiger partial charge < -0.3 is 24.6 Å². The molecule has 0 bridgehead atoms. The summed E-state index contributed by atoms with van der Waals surface area (Å²) >= 11 is 13.4. The minimum absolute atomic E-state index is 0.0536. The number of likely N-dealkylation sites (tertiary alicyclic amines) is 1. The van der Waals surface area contributed by atoms with Gasteiger partial charge in [0.05, 0.1) is 17.0 Å². The van der Waals surface area contributed by atoms with Crippen molar-refractivity contribution < 1.29 is 27.9 Å². The lowest BCUT2D eigenvalue weighted by Crippen LogP contribution is -2.47. The van der Waals surface area contributed by atoms with E-state index in [9.17, 15) is 18.0 Å². The molecule has 0 saturated carbocycles. The number of hydrogen-bond acceptors (Lipinski definition) is 8. The van der Waals surface area contributed by atoms with Gasteiger partial charge in [-0.15, -0.1) is 0 Å². The van der Waals surface area contributed by atoms with E-state index in [1.165, 1.54) is 16.4 Å². The summed E-state index contributed by atoms with van der Waals surface area (Å²) in [7, 11) is -4.17. The van der Waals surface area contributed by atoms with Crippen LogP contribution in [0.4, 0.5) is 0 Å². The third-order valence-corrected chi connectivity index (χ3v) is 12.3. The molecular weight excluding hydrogens is 703 g/mol. The van der Waals surface area contributed by atoms with Crippen LogP contribution in [0.3, 0.4) is 0 Å². The first-order valence-corrected chi connectivity index (χ1v) is 18.9. The zero-order valence-electron chi connectivity index (χ0n) is 27.7. The summed E-state index contributed by atoms with van der Waals surface area (Å²) in [4.78, 5) is 35.2. The van der Waals surface area contributed by atoms with E-state index in [4.69, 9.17) is 38.0 Å². The largest absolute Gasteiger partial charge is 0.487 e. The number of sulfonamides is 1. The van der Waals surface area contributed by atoms with Crippen molar-refractivity contribution in [3.05, 3.63) is 76.4 Å². The zero-order chi connectivity index (χ0) is 35.4. The Kier molecular flexibility index (Phi) is 11.3. The summed E-state index contributed by atoms with van der Waals surface area (Å²) in [6.07, 6.45) is 8.74. The Morgan fingerprint density at radius 2 is 1.90 bits per heavy atom. The van der Waals surface area contributed by atoms with Crippen molar-refractivity contribution in [1.82, 2.24) is 29.1 Å². The number of carboxylic acid groups (broad SMARTS) is 1. The monoisotopic (exact) mass is 742 g/mol. The second-order valence-electron chi connectivity index (χ2n) is 12.8. The van der Waals surface area contributed by atoms with Crippen molar-refractivity contribution >= 4 is 56.0 Å². The molecule has 0 radical (unpaired) electrons. The average Bonchev–Trinajstić information content (AvgIpc) is 3.81. The van der Waals surface area contributed by atoms with Crippen LogP contribution in [0.2, 0.25) is 10.0 Å². The number of nitrogens with one attached hydrogen (secondary N) is 1. The number of imidazole rings is 1. The van der Waals surface area contributed by atoms with E-state index in [0.717, 1.165) is 49.2 Å². The molecule has 266 valence electrons. The number of piperidine rings is 1. The molecule has 4 heterocycles. The normalized spacial score (nSPS) is 17.7. The maximum Gasteiger partial charge on any atom is 0.303 e. The topological polar surface area (TPSA) is 147 Å². The highest BCUT2D eigenvalue weighted by atomic mass is 35.5. The van der Waals surface area contributed by atoms with Gasteiger partial charge in [0.2, 0.25) is 15.9 Å². The second kappa shape index (κ2) is 15.6. The van der Waals surface area contributed by atoms with Crippen LogP contribution in [-0.4, -0.2) is 87.9 Å². The second-order valence-corrected chi connectivity index (χ2v) is 15.5. The van der Waals surface area contributed by atoms with Crippen molar-refractivity contribution in [3.8, 4) is 11.4 Å². The van der Waals surface area contributed by atoms with Crippen LogP contribution in [0.5, 0.6) is 5.75 Å². The van der Waals surface area contributed by atoms with E-state index in [2.05, 4.69) is 15.2 Å². The highest BCUT2D eigenvalue weighted by Crippen LogP contribution is 2.37. The number of benzene rings is 2. The Morgan fingerprint density at radius 1 is 1.10 bits per heavy atom. The number of ether oxygens (including phenoxy) is 1. The molecule has 1 atom stereocenters. The molecule has 2 saturated heterocycles. The van der Waals surface area contributed by atoms with E-state index >= 15 is 0 Å². The number of para-hydroxylation sites is 1. The number of aliphatic carboxylic acids is 1. The van der Waals surface area contributed by atoms with E-state index < -0.39 is 22.0 Å². The summed E-state index contributed by atoms with van der Waals surface area (Å²) in [6.45, 7) is 4.86. The minimum atomic E-state index is -4.17. The summed E-state index contributed by atoms with van der Waals surface area (Å²) in [5.41, 5.74) is 2.60. The van der Waals surface area contributed by atoms with Crippen molar-refractivity contribution in [2.24, 2.45) is 5.92 Å². The molecule has 2 N–H and O–H groups in total. The quantitative estimate of drug-likeness (QED) is 0.182. The van der Waals surface area contributed by atoms with Gasteiger partial charge >= 0.3 is 5.97 Å². The van der Waals surface area contributed by atoms with Gasteiger partial charge in [-0.2, -0.15) is 4.31 Å². The lowest BCUT2D eigenvalue weighted by atomic mass is 9.96. The summed E-state index contributed by atoms with van der Waals surface area (Å²) in [5, 5.41) is 12.9. The molecule has 12 nitrogen and oxygen atoms in total.